The Morgan fingerprint density at radius 3 is 3.06 bits per heavy atom. The van der Waals surface area contributed by atoms with Crippen LogP contribution in [0.4, 0.5) is 0 Å². The van der Waals surface area contributed by atoms with Gasteiger partial charge in [-0.3, -0.25) is 4.90 Å². The molecule has 1 unspecified atom stereocenters. The van der Waals surface area contributed by atoms with Crippen molar-refractivity contribution in [2.45, 2.75) is 26.3 Å². The van der Waals surface area contributed by atoms with Crippen molar-refractivity contribution < 1.29 is 0 Å². The first kappa shape index (κ1) is 13.1. The van der Waals surface area contributed by atoms with Crippen molar-refractivity contribution in [3.05, 3.63) is 35.4 Å². The van der Waals surface area contributed by atoms with E-state index in [4.69, 9.17) is 0 Å². The summed E-state index contributed by atoms with van der Waals surface area (Å²) < 4.78 is 0. The second-order valence-electron chi connectivity index (χ2n) is 5.04. The van der Waals surface area contributed by atoms with E-state index < -0.39 is 0 Å². The van der Waals surface area contributed by atoms with Gasteiger partial charge in [0.25, 0.3) is 0 Å². The number of hydrogen-bond acceptors (Lipinski definition) is 2. The van der Waals surface area contributed by atoms with Gasteiger partial charge in [-0.25, -0.2) is 0 Å². The molecule has 1 atom stereocenters. The third kappa shape index (κ3) is 3.87. The van der Waals surface area contributed by atoms with Crippen molar-refractivity contribution in [2.24, 2.45) is 0 Å². The monoisotopic (exact) mass is 242 g/mol. The molecule has 2 nitrogen and oxygen atoms in total. The topological polar surface area (TPSA) is 15.3 Å². The molecule has 0 radical (unpaired) electrons. The molecule has 18 heavy (non-hydrogen) atoms. The fraction of sp³-hybridized carbons (Fsp3) is 0.500. The molecule has 1 N–H and O–H groups in total. The molecule has 1 heterocycles. The zero-order valence-corrected chi connectivity index (χ0v) is 11.4. The average molecular weight is 242 g/mol. The molecule has 0 amide bonds. The number of nitrogens with one attached hydrogen (secondary N) is 1. The number of hydrogen-bond donors (Lipinski definition) is 1. The molecule has 1 aromatic carbocycles. The first-order chi connectivity index (χ1) is 8.75. The van der Waals surface area contributed by atoms with Crippen LogP contribution in [-0.2, 0) is 6.42 Å². The second kappa shape index (κ2) is 6.58. The number of benzene rings is 1. The quantitative estimate of drug-likeness (QED) is 0.796. The summed E-state index contributed by atoms with van der Waals surface area (Å²) in [6, 6.07) is 9.19. The van der Waals surface area contributed by atoms with Gasteiger partial charge in [-0.2, -0.15) is 0 Å². The fourth-order valence-corrected chi connectivity index (χ4v) is 2.26. The van der Waals surface area contributed by atoms with E-state index in [9.17, 15) is 0 Å². The van der Waals surface area contributed by atoms with Gasteiger partial charge >= 0.3 is 0 Å². The van der Waals surface area contributed by atoms with E-state index in [1.807, 2.05) is 0 Å². The summed E-state index contributed by atoms with van der Waals surface area (Å²) in [6.45, 7) is 8.56. The first-order valence-electron chi connectivity index (χ1n) is 6.72. The van der Waals surface area contributed by atoms with Crippen LogP contribution >= 0.6 is 0 Å². The standard InChI is InChI=1S/C16H22N2/c1-14-6-5-8-16(12-14)7-3-4-10-18-11-9-17-13-15(18)2/h5-6,8,12,15,17H,7,9-11,13H2,1-2H3. The van der Waals surface area contributed by atoms with E-state index in [1.54, 1.807) is 0 Å². The molecule has 1 fully saturated rings. The van der Waals surface area contributed by atoms with Crippen molar-refractivity contribution in [1.29, 1.82) is 0 Å². The van der Waals surface area contributed by atoms with Gasteiger partial charge in [-0.05, 0) is 19.4 Å². The van der Waals surface area contributed by atoms with E-state index in [0.29, 0.717) is 6.04 Å². The van der Waals surface area contributed by atoms with Crippen LogP contribution in [0, 0.1) is 18.8 Å². The summed E-state index contributed by atoms with van der Waals surface area (Å²) in [7, 11) is 0. The molecule has 0 aliphatic carbocycles. The summed E-state index contributed by atoms with van der Waals surface area (Å²) in [5.41, 5.74) is 2.63. The van der Waals surface area contributed by atoms with E-state index in [-0.39, 0.29) is 0 Å². The second-order valence-corrected chi connectivity index (χ2v) is 5.04. The van der Waals surface area contributed by atoms with Gasteiger partial charge in [-0.1, -0.05) is 41.7 Å². The third-order valence-corrected chi connectivity index (χ3v) is 3.42. The van der Waals surface area contributed by atoms with Crippen molar-refractivity contribution in [3.8, 4) is 11.8 Å². The lowest BCUT2D eigenvalue weighted by atomic mass is 10.1. The lowest BCUT2D eigenvalue weighted by Gasteiger charge is -2.32. The van der Waals surface area contributed by atoms with Crippen LogP contribution in [0.25, 0.3) is 0 Å². The molecule has 0 aromatic heterocycles. The van der Waals surface area contributed by atoms with Crippen molar-refractivity contribution >= 4 is 0 Å². The number of aryl methyl sites for hydroxylation is 1. The van der Waals surface area contributed by atoms with Crippen LogP contribution in [0.2, 0.25) is 0 Å². The number of rotatable bonds is 2. The molecule has 1 aromatic rings. The molecule has 96 valence electrons. The molecule has 2 heteroatoms. The molecule has 1 saturated heterocycles. The smallest absolute Gasteiger partial charge is 0.0604 e. The van der Waals surface area contributed by atoms with Crippen molar-refractivity contribution in [1.82, 2.24) is 10.2 Å². The molecule has 0 spiro atoms. The van der Waals surface area contributed by atoms with Crippen LogP contribution < -0.4 is 5.32 Å². The molecule has 0 bridgehead atoms. The summed E-state index contributed by atoms with van der Waals surface area (Å²) in [5.74, 6) is 6.59. The Bertz CT molecular complexity index is 442. The minimum atomic E-state index is 0.604. The van der Waals surface area contributed by atoms with E-state index in [0.717, 1.165) is 32.6 Å². The van der Waals surface area contributed by atoms with Gasteiger partial charge in [0.15, 0.2) is 0 Å². The number of piperazine rings is 1. The molecule has 1 aliphatic heterocycles. The van der Waals surface area contributed by atoms with Crippen LogP contribution in [0.15, 0.2) is 24.3 Å². The van der Waals surface area contributed by atoms with Crippen molar-refractivity contribution in [3.63, 3.8) is 0 Å². The predicted molar refractivity (Wildman–Crippen MR) is 76.6 cm³/mol. The van der Waals surface area contributed by atoms with Gasteiger partial charge in [0.05, 0.1) is 6.54 Å². The Balaban J connectivity index is 1.82. The summed E-state index contributed by atoms with van der Waals surface area (Å²) in [6.07, 6.45) is 0.863. The van der Waals surface area contributed by atoms with E-state index in [2.05, 4.69) is 60.2 Å². The van der Waals surface area contributed by atoms with Gasteiger partial charge in [0, 0.05) is 32.1 Å². The molecular formula is C16H22N2. The minimum absolute atomic E-state index is 0.604. The maximum absolute atomic E-state index is 3.40. The number of nitrogens with zero attached hydrogens (tertiary/aromatic N) is 1. The molecule has 0 saturated carbocycles. The largest absolute Gasteiger partial charge is 0.314 e. The Labute approximate surface area is 110 Å². The highest BCUT2D eigenvalue weighted by molar-refractivity contribution is 5.26. The minimum Gasteiger partial charge on any atom is -0.314 e. The molecule has 2 rings (SSSR count). The maximum Gasteiger partial charge on any atom is 0.0604 e. The van der Waals surface area contributed by atoms with Gasteiger partial charge in [-0.15, -0.1) is 0 Å². The Kier molecular flexibility index (Phi) is 4.81. The molecular weight excluding hydrogens is 220 g/mol. The third-order valence-electron chi connectivity index (χ3n) is 3.42. The zero-order chi connectivity index (χ0) is 12.8. The van der Waals surface area contributed by atoms with Crippen LogP contribution in [0.1, 0.15) is 18.1 Å². The Morgan fingerprint density at radius 2 is 2.28 bits per heavy atom. The van der Waals surface area contributed by atoms with E-state index >= 15 is 0 Å². The van der Waals surface area contributed by atoms with Gasteiger partial charge in [0.2, 0.25) is 0 Å². The highest BCUT2D eigenvalue weighted by atomic mass is 15.2. The lowest BCUT2D eigenvalue weighted by Crippen LogP contribution is -2.49. The van der Waals surface area contributed by atoms with E-state index in [1.165, 1.54) is 11.1 Å². The van der Waals surface area contributed by atoms with Crippen LogP contribution in [0.5, 0.6) is 0 Å². The maximum atomic E-state index is 3.40. The highest BCUT2D eigenvalue weighted by Gasteiger charge is 2.15. The summed E-state index contributed by atoms with van der Waals surface area (Å²) >= 11 is 0. The Morgan fingerprint density at radius 1 is 1.39 bits per heavy atom. The average Bonchev–Trinajstić information content (AvgIpc) is 2.37. The molecule has 1 aliphatic rings. The normalized spacial score (nSPS) is 20.2. The zero-order valence-electron chi connectivity index (χ0n) is 11.4. The highest BCUT2D eigenvalue weighted by Crippen LogP contribution is 2.04. The fourth-order valence-electron chi connectivity index (χ4n) is 2.26. The summed E-state index contributed by atoms with van der Waals surface area (Å²) in [5, 5.41) is 3.40. The summed E-state index contributed by atoms with van der Waals surface area (Å²) in [4.78, 5) is 2.44. The van der Waals surface area contributed by atoms with Crippen LogP contribution in [-0.4, -0.2) is 37.1 Å². The van der Waals surface area contributed by atoms with Gasteiger partial charge in [0.1, 0.15) is 0 Å². The van der Waals surface area contributed by atoms with Crippen molar-refractivity contribution in [2.75, 3.05) is 26.2 Å². The first-order valence-corrected chi connectivity index (χ1v) is 6.72. The Hall–Kier alpha value is -1.30. The predicted octanol–water partition coefficient (Wildman–Crippen LogP) is 1.83. The SMILES string of the molecule is Cc1cccc(CC#CCN2CCNCC2C)c1. The lowest BCUT2D eigenvalue weighted by molar-refractivity contribution is 0.196. The van der Waals surface area contributed by atoms with Crippen LogP contribution in [0.3, 0.4) is 0 Å². The van der Waals surface area contributed by atoms with Gasteiger partial charge < -0.3 is 5.32 Å².